The van der Waals surface area contributed by atoms with Gasteiger partial charge in [-0.2, -0.15) is 0 Å². The average Bonchev–Trinajstić information content (AvgIpc) is 2.45. The minimum atomic E-state index is -2.26. The van der Waals surface area contributed by atoms with Crippen molar-refractivity contribution in [2.75, 3.05) is 0 Å². The van der Waals surface area contributed by atoms with E-state index in [2.05, 4.69) is 0 Å². The van der Waals surface area contributed by atoms with Crippen LogP contribution in [0.2, 0.25) is 0 Å². The largest absolute Gasteiger partial charge is 0.374 e. The predicted molar refractivity (Wildman–Crippen MR) is 59.1 cm³/mol. The molecule has 0 bridgehead atoms. The highest BCUT2D eigenvalue weighted by molar-refractivity contribution is 6.53. The third kappa shape index (κ3) is 1.28. The maximum Gasteiger partial charge on any atom is 0.265 e. The normalized spacial score (nSPS) is 34.4. The summed E-state index contributed by atoms with van der Waals surface area (Å²) >= 11 is 22.9. The highest BCUT2D eigenvalue weighted by Crippen LogP contribution is 2.49. The highest BCUT2D eigenvalue weighted by atomic mass is 35.5. The van der Waals surface area contributed by atoms with Crippen molar-refractivity contribution in [3.05, 3.63) is 20.1 Å². The van der Waals surface area contributed by atoms with E-state index < -0.39 is 28.4 Å². The summed E-state index contributed by atoms with van der Waals surface area (Å²) in [5.74, 6) is -3.07. The fourth-order valence-corrected chi connectivity index (χ4v) is 2.81. The molecule has 2 aliphatic rings. The molecular formula is C8H3Cl4NO3. The van der Waals surface area contributed by atoms with E-state index in [4.69, 9.17) is 46.4 Å². The first-order valence-electron chi connectivity index (χ1n) is 4.00. The van der Waals surface area contributed by atoms with Crippen LogP contribution in [0.15, 0.2) is 20.1 Å². The lowest BCUT2D eigenvalue weighted by molar-refractivity contribution is -0.132. The third-order valence-corrected chi connectivity index (χ3v) is 4.39. The molecule has 0 saturated carbocycles. The number of fused-ring (bicyclic) bond motifs is 1. The zero-order chi connectivity index (χ0) is 12.2. The Bertz CT molecular complexity index is 484. The second-order valence-electron chi connectivity index (χ2n) is 3.31. The van der Waals surface area contributed by atoms with Gasteiger partial charge in [0.2, 0.25) is 5.91 Å². The molecule has 0 spiro atoms. The molecule has 8 heteroatoms. The highest BCUT2D eigenvalue weighted by Gasteiger charge is 2.61. The fraction of sp³-hybridized carbons (Fsp3) is 0.250. The number of carbonyl (C=O) groups is 2. The number of rotatable bonds is 0. The molecule has 2 atom stereocenters. The van der Waals surface area contributed by atoms with E-state index in [0.717, 1.165) is 0 Å². The van der Waals surface area contributed by atoms with E-state index in [1.54, 1.807) is 0 Å². The second-order valence-corrected chi connectivity index (χ2v) is 4.85. The van der Waals surface area contributed by atoms with Gasteiger partial charge in [-0.05, 0) is 0 Å². The van der Waals surface area contributed by atoms with Crippen molar-refractivity contribution in [3.63, 3.8) is 0 Å². The van der Waals surface area contributed by atoms with Crippen LogP contribution in [0.1, 0.15) is 0 Å². The zero-order valence-corrected chi connectivity index (χ0v) is 10.4. The maximum absolute atomic E-state index is 11.5. The Morgan fingerprint density at radius 3 is 2.25 bits per heavy atom. The number of nitrogens with one attached hydrogen (secondary N) is 1. The molecule has 0 aromatic heterocycles. The first-order chi connectivity index (χ1) is 7.31. The number of carbonyl (C=O) groups excluding carboxylic acids is 2. The number of amides is 2. The smallest absolute Gasteiger partial charge is 0.265 e. The van der Waals surface area contributed by atoms with Crippen LogP contribution in [0.3, 0.4) is 0 Å². The van der Waals surface area contributed by atoms with E-state index in [1.165, 1.54) is 0 Å². The first-order valence-corrected chi connectivity index (χ1v) is 5.52. The summed E-state index contributed by atoms with van der Waals surface area (Å²) in [5.41, 5.74) is -2.26. The quantitative estimate of drug-likeness (QED) is 0.664. The lowest BCUT2D eigenvalue weighted by atomic mass is 9.85. The van der Waals surface area contributed by atoms with Crippen molar-refractivity contribution < 1.29 is 14.7 Å². The Balaban J connectivity index is 2.73. The van der Waals surface area contributed by atoms with Crippen molar-refractivity contribution >= 4 is 58.2 Å². The lowest BCUT2D eigenvalue weighted by Gasteiger charge is -2.29. The molecule has 1 fully saturated rings. The van der Waals surface area contributed by atoms with Crippen LogP contribution < -0.4 is 5.32 Å². The molecule has 2 N–H and O–H groups in total. The van der Waals surface area contributed by atoms with Gasteiger partial charge in [0.1, 0.15) is 5.92 Å². The molecule has 2 rings (SSSR count). The summed E-state index contributed by atoms with van der Waals surface area (Å²) in [6.07, 6.45) is 0. The van der Waals surface area contributed by atoms with Gasteiger partial charge in [0.25, 0.3) is 5.91 Å². The first kappa shape index (κ1) is 12.2. The van der Waals surface area contributed by atoms with Crippen molar-refractivity contribution in [2.45, 2.75) is 5.60 Å². The van der Waals surface area contributed by atoms with Crippen LogP contribution in [-0.2, 0) is 9.59 Å². The van der Waals surface area contributed by atoms with Gasteiger partial charge in [-0.3, -0.25) is 14.9 Å². The van der Waals surface area contributed by atoms with Gasteiger partial charge in [-0.1, -0.05) is 46.4 Å². The number of hydrogen-bond donors (Lipinski definition) is 2. The van der Waals surface area contributed by atoms with E-state index in [0.29, 0.717) is 0 Å². The van der Waals surface area contributed by atoms with Crippen molar-refractivity contribution in [1.82, 2.24) is 5.32 Å². The number of halogens is 4. The Hall–Kier alpha value is -0.260. The average molecular weight is 303 g/mol. The molecule has 2 amide bonds. The Morgan fingerprint density at radius 2 is 1.69 bits per heavy atom. The minimum absolute atomic E-state index is 0.146. The Kier molecular flexibility index (Phi) is 2.76. The minimum Gasteiger partial charge on any atom is -0.374 e. The van der Waals surface area contributed by atoms with Gasteiger partial charge in [-0.25, -0.2) is 0 Å². The topological polar surface area (TPSA) is 66.4 Å². The van der Waals surface area contributed by atoms with Crippen molar-refractivity contribution in [3.8, 4) is 0 Å². The molecule has 16 heavy (non-hydrogen) atoms. The SMILES string of the molecule is O=C1NC(=O)C2(O)C(Cl)=C(Cl)C(Cl)=C(Cl)C12. The van der Waals surface area contributed by atoms with Crippen LogP contribution in [0.4, 0.5) is 0 Å². The predicted octanol–water partition coefficient (Wildman–Crippen LogP) is 1.38. The van der Waals surface area contributed by atoms with Gasteiger partial charge in [0.15, 0.2) is 5.60 Å². The maximum atomic E-state index is 11.5. The lowest BCUT2D eigenvalue weighted by Crippen LogP contribution is -2.45. The van der Waals surface area contributed by atoms with E-state index in [9.17, 15) is 14.7 Å². The molecule has 0 aromatic rings. The van der Waals surface area contributed by atoms with E-state index >= 15 is 0 Å². The molecule has 4 nitrogen and oxygen atoms in total. The molecule has 2 unspecified atom stereocenters. The summed E-state index contributed by atoms with van der Waals surface area (Å²) in [6.45, 7) is 0. The standard InChI is InChI=1S/C8H3Cl4NO3/c9-2-1-6(14)13-7(15)8(1,16)5(12)4(11)3(2)10/h1,16H,(H,13,14,15). The van der Waals surface area contributed by atoms with Crippen LogP contribution in [0.5, 0.6) is 0 Å². The van der Waals surface area contributed by atoms with Crippen LogP contribution >= 0.6 is 46.4 Å². The zero-order valence-electron chi connectivity index (χ0n) is 7.35. The van der Waals surface area contributed by atoms with Crippen LogP contribution in [0, 0.1) is 5.92 Å². The molecule has 1 heterocycles. The molecule has 0 radical (unpaired) electrons. The van der Waals surface area contributed by atoms with Crippen molar-refractivity contribution in [1.29, 1.82) is 0 Å². The second kappa shape index (κ2) is 3.62. The molecule has 1 saturated heterocycles. The number of imide groups is 1. The third-order valence-electron chi connectivity index (χ3n) is 2.45. The molecular weight excluding hydrogens is 300 g/mol. The Morgan fingerprint density at radius 1 is 1.12 bits per heavy atom. The summed E-state index contributed by atoms with van der Waals surface area (Å²) in [6, 6.07) is 0. The molecule has 0 aromatic carbocycles. The van der Waals surface area contributed by atoms with Gasteiger partial charge in [0.05, 0.1) is 20.1 Å². The van der Waals surface area contributed by atoms with Gasteiger partial charge < -0.3 is 5.11 Å². The number of allylic oxidation sites excluding steroid dienone is 2. The van der Waals surface area contributed by atoms with E-state index in [-0.39, 0.29) is 15.1 Å². The molecule has 1 aliphatic heterocycles. The summed E-state index contributed by atoms with van der Waals surface area (Å²) in [5, 5.41) is 11.0. The van der Waals surface area contributed by atoms with Crippen LogP contribution in [-0.4, -0.2) is 22.5 Å². The van der Waals surface area contributed by atoms with E-state index in [1.807, 2.05) is 5.32 Å². The van der Waals surface area contributed by atoms with Crippen molar-refractivity contribution in [2.24, 2.45) is 5.92 Å². The molecule has 1 aliphatic carbocycles. The molecule has 86 valence electrons. The summed E-state index contributed by atoms with van der Waals surface area (Å²) < 4.78 is 0. The van der Waals surface area contributed by atoms with Gasteiger partial charge >= 0.3 is 0 Å². The van der Waals surface area contributed by atoms with Gasteiger partial charge in [0, 0.05) is 0 Å². The fourth-order valence-electron chi connectivity index (χ4n) is 1.62. The number of aliphatic hydroxyl groups is 1. The van der Waals surface area contributed by atoms with Crippen LogP contribution in [0.25, 0.3) is 0 Å². The number of hydrogen-bond acceptors (Lipinski definition) is 3. The monoisotopic (exact) mass is 301 g/mol. The summed E-state index contributed by atoms with van der Waals surface area (Å²) in [7, 11) is 0. The Labute approximate surface area is 110 Å². The van der Waals surface area contributed by atoms with Gasteiger partial charge in [-0.15, -0.1) is 0 Å². The summed E-state index contributed by atoms with van der Waals surface area (Å²) in [4.78, 5) is 22.9.